The highest BCUT2D eigenvalue weighted by Gasteiger charge is 2.54. The minimum Gasteiger partial charge on any atom is -0.497 e. The number of rotatable bonds is 4. The Hall–Kier alpha value is -2.33. The molecule has 0 aliphatic carbocycles. The Labute approximate surface area is 205 Å². The summed E-state index contributed by atoms with van der Waals surface area (Å²) in [5.74, 6) is -0.219. The number of amides is 1. The van der Waals surface area contributed by atoms with Gasteiger partial charge in [-0.25, -0.2) is 0 Å². The van der Waals surface area contributed by atoms with Crippen LogP contribution < -0.4 is 4.74 Å². The molecule has 2 saturated heterocycles. The fourth-order valence-electron chi connectivity index (χ4n) is 5.39. The van der Waals surface area contributed by atoms with Crippen molar-refractivity contribution in [1.29, 1.82) is 0 Å². The van der Waals surface area contributed by atoms with Gasteiger partial charge in [-0.2, -0.15) is 0 Å². The maximum atomic E-state index is 13.1. The number of nitrogens with zero attached hydrogens (tertiary/aromatic N) is 1. The van der Waals surface area contributed by atoms with E-state index in [1.165, 1.54) is 12.0 Å². The average Bonchev–Trinajstić information content (AvgIpc) is 3.24. The lowest BCUT2D eigenvalue weighted by atomic mass is 9.91. The molecule has 1 aromatic heterocycles. The molecule has 0 spiro atoms. The number of H-pyrrole nitrogens is 1. The van der Waals surface area contributed by atoms with E-state index >= 15 is 0 Å². The van der Waals surface area contributed by atoms with Gasteiger partial charge in [0.1, 0.15) is 54.5 Å². The number of methoxy groups -OCH3 is 1. The van der Waals surface area contributed by atoms with Crippen LogP contribution in [0.3, 0.4) is 0 Å². The van der Waals surface area contributed by atoms with Crippen LogP contribution in [-0.4, -0.2) is 127 Å². The predicted octanol–water partition coefficient (Wildman–Crippen LogP) is -3.12. The van der Waals surface area contributed by atoms with Crippen molar-refractivity contribution in [2.24, 2.45) is 0 Å². The van der Waals surface area contributed by atoms with Crippen molar-refractivity contribution in [3.05, 3.63) is 29.5 Å². The topological polar surface area (TPSA) is 205 Å². The maximum absolute atomic E-state index is 13.1. The summed E-state index contributed by atoms with van der Waals surface area (Å²) >= 11 is 0. The van der Waals surface area contributed by atoms with Crippen LogP contribution >= 0.6 is 0 Å². The fourth-order valence-corrected chi connectivity index (χ4v) is 5.39. The number of benzene rings is 1. The normalized spacial score (nSPS) is 39.0. The Kier molecular flexibility index (Phi) is 6.70. The van der Waals surface area contributed by atoms with Gasteiger partial charge in [0, 0.05) is 29.2 Å². The lowest BCUT2D eigenvalue weighted by Crippen LogP contribution is -2.61. The van der Waals surface area contributed by atoms with Gasteiger partial charge in [0.05, 0.1) is 13.7 Å². The van der Waals surface area contributed by atoms with Crippen molar-refractivity contribution >= 4 is 16.8 Å². The van der Waals surface area contributed by atoms with Gasteiger partial charge in [0.25, 0.3) is 5.91 Å². The number of fused-ring (bicyclic) bond motifs is 5. The highest BCUT2D eigenvalue weighted by molar-refractivity contribution is 5.88. The second kappa shape index (κ2) is 9.52. The number of carbonyl (C=O) groups excluding carboxylic acids is 1. The van der Waals surface area contributed by atoms with E-state index < -0.39 is 73.7 Å². The van der Waals surface area contributed by atoms with Crippen LogP contribution in [0.25, 0.3) is 10.9 Å². The molecule has 3 aliphatic rings. The van der Waals surface area contributed by atoms with Gasteiger partial charge in [-0.15, -0.1) is 0 Å². The van der Waals surface area contributed by atoms with Crippen molar-refractivity contribution in [2.75, 3.05) is 20.3 Å². The van der Waals surface area contributed by atoms with E-state index in [-0.39, 0.29) is 6.54 Å². The minimum absolute atomic E-state index is 0.139. The first-order valence-corrected chi connectivity index (χ1v) is 11.7. The number of hydrogen-bond acceptors (Lipinski definition) is 11. The van der Waals surface area contributed by atoms with Gasteiger partial charge in [-0.3, -0.25) is 4.79 Å². The Bertz CT molecular complexity index is 1120. The number of aromatic amines is 1. The van der Waals surface area contributed by atoms with Gasteiger partial charge < -0.3 is 59.8 Å². The molecule has 10 atom stereocenters. The number of aliphatic hydroxyl groups excluding tert-OH is 7. The lowest BCUT2D eigenvalue weighted by molar-refractivity contribution is -0.323. The molecule has 5 rings (SSSR count). The molecular weight excluding hydrogens is 480 g/mol. The van der Waals surface area contributed by atoms with Crippen molar-refractivity contribution in [3.63, 3.8) is 0 Å². The van der Waals surface area contributed by atoms with E-state index in [2.05, 4.69) is 4.98 Å². The van der Waals surface area contributed by atoms with Crippen LogP contribution in [0, 0.1) is 0 Å². The number of hydrogen-bond donors (Lipinski definition) is 8. The van der Waals surface area contributed by atoms with Gasteiger partial charge in [-0.1, -0.05) is 0 Å². The largest absolute Gasteiger partial charge is 0.497 e. The summed E-state index contributed by atoms with van der Waals surface area (Å²) in [6.45, 7) is -0.554. The molecule has 0 saturated carbocycles. The van der Waals surface area contributed by atoms with Gasteiger partial charge in [-0.05, 0) is 24.1 Å². The quantitative estimate of drug-likeness (QED) is 0.207. The Morgan fingerprint density at radius 3 is 2.50 bits per heavy atom. The Morgan fingerprint density at radius 2 is 1.81 bits per heavy atom. The predicted molar refractivity (Wildman–Crippen MR) is 120 cm³/mol. The highest BCUT2D eigenvalue weighted by Crippen LogP contribution is 2.42. The van der Waals surface area contributed by atoms with Crippen molar-refractivity contribution in [2.45, 2.75) is 67.6 Å². The monoisotopic (exact) mass is 510 g/mol. The first-order valence-electron chi connectivity index (χ1n) is 11.7. The van der Waals surface area contributed by atoms with Gasteiger partial charge in [0.2, 0.25) is 0 Å². The van der Waals surface area contributed by atoms with Crippen LogP contribution in [0.4, 0.5) is 0 Å². The average molecular weight is 510 g/mol. The van der Waals surface area contributed by atoms with Crippen LogP contribution in [0.2, 0.25) is 0 Å². The molecule has 0 unspecified atom stereocenters. The molecule has 0 bridgehead atoms. The third-order valence-corrected chi connectivity index (χ3v) is 7.38. The first-order chi connectivity index (χ1) is 17.2. The lowest BCUT2D eigenvalue weighted by Gasteiger charge is -2.44. The summed E-state index contributed by atoms with van der Waals surface area (Å²) in [6, 6.07) is 4.36. The fraction of sp³-hybridized carbons (Fsp3) is 0.609. The molecule has 13 heteroatoms. The number of nitrogens with one attached hydrogen (secondary N) is 1. The number of aliphatic hydroxyl groups is 7. The molecular formula is C23H30N2O11. The van der Waals surface area contributed by atoms with Crippen LogP contribution in [0.15, 0.2) is 18.2 Å². The molecule has 2 aromatic rings. The first kappa shape index (κ1) is 25.3. The summed E-state index contributed by atoms with van der Waals surface area (Å²) in [7, 11) is 1.53. The highest BCUT2D eigenvalue weighted by atomic mass is 16.7. The van der Waals surface area contributed by atoms with Gasteiger partial charge >= 0.3 is 0 Å². The summed E-state index contributed by atoms with van der Waals surface area (Å²) in [5, 5.41) is 73.2. The summed E-state index contributed by atoms with van der Waals surface area (Å²) in [6.07, 6.45) is -14.8. The molecule has 1 aromatic carbocycles. The Morgan fingerprint density at radius 1 is 1.06 bits per heavy atom. The molecule has 8 N–H and O–H groups in total. The third-order valence-electron chi connectivity index (χ3n) is 7.38. The number of carbonyl (C=O) groups is 1. The van der Waals surface area contributed by atoms with E-state index in [0.29, 0.717) is 23.4 Å². The molecule has 2 fully saturated rings. The second-order valence-corrected chi connectivity index (χ2v) is 9.38. The van der Waals surface area contributed by atoms with Gasteiger partial charge in [0.15, 0.2) is 12.4 Å². The zero-order chi connectivity index (χ0) is 25.9. The number of aromatic nitrogens is 1. The van der Waals surface area contributed by atoms with E-state index in [9.17, 15) is 40.5 Å². The molecule has 198 valence electrons. The van der Waals surface area contributed by atoms with E-state index in [0.717, 1.165) is 10.9 Å². The van der Waals surface area contributed by atoms with Crippen molar-refractivity contribution < 1.29 is 54.8 Å². The van der Waals surface area contributed by atoms with Crippen molar-refractivity contribution in [1.82, 2.24) is 9.88 Å². The maximum Gasteiger partial charge on any atom is 0.254 e. The Balaban J connectivity index is 1.59. The summed E-state index contributed by atoms with van der Waals surface area (Å²) in [5.41, 5.74) is 2.02. The second-order valence-electron chi connectivity index (χ2n) is 9.38. The zero-order valence-electron chi connectivity index (χ0n) is 19.3. The molecule has 36 heavy (non-hydrogen) atoms. The minimum atomic E-state index is -1.93. The molecule has 4 heterocycles. The zero-order valence-corrected chi connectivity index (χ0v) is 19.3. The summed E-state index contributed by atoms with van der Waals surface area (Å²) < 4.78 is 16.7. The standard InChI is InChI=1S/C23H30N2O11/c1-34-8-2-3-9-10-4-5-25-14(13(10)24-11(9)6-8)21(18(30)17(29)19(31)22(25)33)36-23-20(32)16(28)15(27)12(7-26)35-23/h2-3,6,12,14-21,23-24,26-32H,4-5,7H2,1H3/t12-,14+,15-,16+,17-,18+,19+,20-,21-,23+/m1/s1. The van der Waals surface area contributed by atoms with E-state index in [1.54, 1.807) is 12.1 Å². The molecule has 0 radical (unpaired) electrons. The van der Waals surface area contributed by atoms with E-state index in [1.807, 2.05) is 6.07 Å². The van der Waals surface area contributed by atoms with Crippen LogP contribution in [-0.2, 0) is 20.7 Å². The van der Waals surface area contributed by atoms with E-state index in [4.69, 9.17) is 14.2 Å². The molecule has 13 nitrogen and oxygen atoms in total. The molecule has 3 aliphatic heterocycles. The third kappa shape index (κ3) is 3.88. The number of ether oxygens (including phenoxy) is 3. The molecule has 1 amide bonds. The van der Waals surface area contributed by atoms with Crippen LogP contribution in [0.1, 0.15) is 17.3 Å². The SMILES string of the molecule is COc1ccc2c3c([nH]c2c1)[C@H]1[C@@H](O[C@@H]2O[C@H](CO)[C@@H](O)[C@H](O)[C@H]2O)[C@@H](O)[C@@H](O)[C@H](O)C(=O)N1CC3. The smallest absolute Gasteiger partial charge is 0.254 e. The van der Waals surface area contributed by atoms with Crippen LogP contribution in [0.5, 0.6) is 5.75 Å². The summed E-state index contributed by atoms with van der Waals surface area (Å²) in [4.78, 5) is 17.6. The van der Waals surface area contributed by atoms with Crippen molar-refractivity contribution in [3.8, 4) is 5.75 Å².